The topological polar surface area (TPSA) is 87.7 Å². The molecule has 1 aromatic carbocycles. The first-order valence-corrected chi connectivity index (χ1v) is 13.7. The molecule has 1 saturated carbocycles. The Labute approximate surface area is 215 Å². The van der Waals surface area contributed by atoms with E-state index in [2.05, 4.69) is 10.6 Å². The molecule has 0 aromatic heterocycles. The van der Waals surface area contributed by atoms with Crippen molar-refractivity contribution in [1.82, 2.24) is 15.5 Å². The highest BCUT2D eigenvalue weighted by molar-refractivity contribution is 7.98. The minimum atomic E-state index is -0.785. The number of ether oxygens (including phenoxy) is 1. The quantitative estimate of drug-likeness (QED) is 0.499. The second kappa shape index (κ2) is 11.7. The number of benzene rings is 1. The summed E-state index contributed by atoms with van der Waals surface area (Å²) in [6.45, 7) is 15.1. The van der Waals surface area contributed by atoms with Gasteiger partial charge in [-0.15, -0.1) is 0 Å². The van der Waals surface area contributed by atoms with Crippen LogP contribution in [0.15, 0.2) is 18.2 Å². The zero-order valence-corrected chi connectivity index (χ0v) is 23.6. The van der Waals surface area contributed by atoms with Crippen LogP contribution in [0.5, 0.6) is 0 Å². The summed E-state index contributed by atoms with van der Waals surface area (Å²) >= 11 is 1.61. The number of carbonyl (C=O) groups excluding carboxylic acids is 3. The van der Waals surface area contributed by atoms with Crippen molar-refractivity contribution in [3.8, 4) is 0 Å². The molecule has 2 atom stereocenters. The third kappa shape index (κ3) is 8.74. The highest BCUT2D eigenvalue weighted by Gasteiger charge is 2.45. The van der Waals surface area contributed by atoms with Crippen LogP contribution in [-0.4, -0.2) is 58.0 Å². The Morgan fingerprint density at radius 1 is 1.09 bits per heavy atom. The first kappa shape index (κ1) is 29.0. The molecule has 0 radical (unpaired) electrons. The van der Waals surface area contributed by atoms with Crippen molar-refractivity contribution < 1.29 is 19.1 Å². The average Bonchev–Trinajstić information content (AvgIpc) is 3.52. The summed E-state index contributed by atoms with van der Waals surface area (Å²) in [5, 5.41) is 5.89. The summed E-state index contributed by atoms with van der Waals surface area (Å²) in [4.78, 5) is 42.2. The molecule has 0 heterocycles. The Balaban J connectivity index is 2.51. The molecule has 1 aliphatic carbocycles. The van der Waals surface area contributed by atoms with Gasteiger partial charge in [0.15, 0.2) is 0 Å². The van der Waals surface area contributed by atoms with Gasteiger partial charge in [0.1, 0.15) is 17.7 Å². The number of hydrogen-bond donors (Lipinski definition) is 2. The van der Waals surface area contributed by atoms with Crippen LogP contribution < -0.4 is 10.6 Å². The molecule has 3 amide bonds. The van der Waals surface area contributed by atoms with Gasteiger partial charge >= 0.3 is 6.09 Å². The van der Waals surface area contributed by atoms with Crippen molar-refractivity contribution in [3.63, 3.8) is 0 Å². The smallest absolute Gasteiger partial charge is 0.408 e. The number of aryl methyl sites for hydroxylation is 2. The Morgan fingerprint density at radius 2 is 1.66 bits per heavy atom. The highest BCUT2D eigenvalue weighted by Crippen LogP contribution is 2.38. The summed E-state index contributed by atoms with van der Waals surface area (Å²) in [5.41, 5.74) is 1.62. The molecule has 2 rings (SSSR count). The molecule has 8 heteroatoms. The molecule has 1 aliphatic rings. The van der Waals surface area contributed by atoms with E-state index in [0.29, 0.717) is 12.2 Å². The molecule has 2 unspecified atom stereocenters. The van der Waals surface area contributed by atoms with Gasteiger partial charge < -0.3 is 20.3 Å². The van der Waals surface area contributed by atoms with E-state index in [4.69, 9.17) is 4.74 Å². The van der Waals surface area contributed by atoms with Crippen molar-refractivity contribution in [2.45, 2.75) is 104 Å². The van der Waals surface area contributed by atoms with Gasteiger partial charge in [-0.3, -0.25) is 9.59 Å². The van der Waals surface area contributed by atoms with E-state index in [1.807, 2.05) is 59.1 Å². The summed E-state index contributed by atoms with van der Waals surface area (Å²) in [5.74, 6) is 0.229. The fourth-order valence-corrected chi connectivity index (χ4v) is 4.56. The van der Waals surface area contributed by atoms with Crippen LogP contribution >= 0.6 is 11.8 Å². The first-order chi connectivity index (χ1) is 16.1. The first-order valence-electron chi connectivity index (χ1n) is 12.3. The maximum atomic E-state index is 14.1. The van der Waals surface area contributed by atoms with Crippen molar-refractivity contribution in [1.29, 1.82) is 0 Å². The fourth-order valence-electron chi connectivity index (χ4n) is 4.09. The third-order valence-corrected chi connectivity index (χ3v) is 6.28. The number of alkyl carbamates (subject to hydrolysis) is 1. The second-order valence-corrected chi connectivity index (χ2v) is 12.4. The molecule has 196 valence electrons. The Bertz CT molecular complexity index is 896. The Morgan fingerprint density at radius 3 is 2.11 bits per heavy atom. The molecule has 1 aromatic rings. The van der Waals surface area contributed by atoms with Gasteiger partial charge in [-0.1, -0.05) is 18.2 Å². The van der Waals surface area contributed by atoms with Crippen LogP contribution in [-0.2, 0) is 14.3 Å². The monoisotopic (exact) mass is 505 g/mol. The lowest BCUT2D eigenvalue weighted by Gasteiger charge is -2.37. The number of amides is 3. The standard InChI is InChI=1S/C27H43N3O4S/c1-17-11-10-12-18(2)21(17)22(23(31)29-26(3,4)5)30(19-13-14-19)24(32)20(15-16-35-9)28-25(33)34-27(6,7)8/h10-12,19-20,22H,13-16H2,1-9H3,(H,28,33)(H,29,31). The Kier molecular flexibility index (Phi) is 9.68. The zero-order chi connectivity index (χ0) is 26.6. The number of nitrogens with one attached hydrogen (secondary N) is 2. The fraction of sp³-hybridized carbons (Fsp3) is 0.667. The lowest BCUT2D eigenvalue weighted by Crippen LogP contribution is -2.55. The highest BCUT2D eigenvalue weighted by atomic mass is 32.2. The van der Waals surface area contributed by atoms with Gasteiger partial charge in [-0.05, 0) is 103 Å². The largest absolute Gasteiger partial charge is 0.444 e. The van der Waals surface area contributed by atoms with Crippen molar-refractivity contribution in [3.05, 3.63) is 34.9 Å². The lowest BCUT2D eigenvalue weighted by molar-refractivity contribution is -0.143. The van der Waals surface area contributed by atoms with Crippen LogP contribution in [0, 0.1) is 13.8 Å². The van der Waals surface area contributed by atoms with Gasteiger partial charge in [0.2, 0.25) is 11.8 Å². The predicted molar refractivity (Wildman–Crippen MR) is 143 cm³/mol. The van der Waals surface area contributed by atoms with E-state index in [-0.39, 0.29) is 17.9 Å². The molecule has 0 spiro atoms. The maximum absolute atomic E-state index is 14.1. The summed E-state index contributed by atoms with van der Waals surface area (Å²) < 4.78 is 5.44. The van der Waals surface area contributed by atoms with Gasteiger partial charge in [0, 0.05) is 11.6 Å². The van der Waals surface area contributed by atoms with Gasteiger partial charge in [0.25, 0.3) is 0 Å². The summed E-state index contributed by atoms with van der Waals surface area (Å²) in [6, 6.07) is 4.29. The van der Waals surface area contributed by atoms with Crippen LogP contribution in [0.1, 0.15) is 83.5 Å². The van der Waals surface area contributed by atoms with E-state index in [9.17, 15) is 14.4 Å². The van der Waals surface area contributed by atoms with Gasteiger partial charge in [-0.25, -0.2) is 4.79 Å². The van der Waals surface area contributed by atoms with Gasteiger partial charge in [0.05, 0.1) is 0 Å². The van der Waals surface area contributed by atoms with Crippen molar-refractivity contribution in [2.24, 2.45) is 0 Å². The Hall–Kier alpha value is -2.22. The third-order valence-electron chi connectivity index (χ3n) is 5.63. The average molecular weight is 506 g/mol. The van der Waals surface area contributed by atoms with E-state index in [1.165, 1.54) is 0 Å². The number of carbonyl (C=O) groups is 3. The molecule has 2 N–H and O–H groups in total. The zero-order valence-electron chi connectivity index (χ0n) is 22.8. The number of nitrogens with zero attached hydrogens (tertiary/aromatic N) is 1. The van der Waals surface area contributed by atoms with Crippen LogP contribution in [0.2, 0.25) is 0 Å². The van der Waals surface area contributed by atoms with Crippen LogP contribution in [0.3, 0.4) is 0 Å². The van der Waals surface area contributed by atoms with Crippen molar-refractivity contribution in [2.75, 3.05) is 12.0 Å². The summed E-state index contributed by atoms with van der Waals surface area (Å²) in [6.07, 6.45) is 3.44. The number of hydrogen-bond acceptors (Lipinski definition) is 5. The molecule has 35 heavy (non-hydrogen) atoms. The maximum Gasteiger partial charge on any atom is 0.408 e. The molecule has 7 nitrogen and oxygen atoms in total. The van der Waals surface area contributed by atoms with E-state index >= 15 is 0 Å². The lowest BCUT2D eigenvalue weighted by atomic mass is 9.92. The van der Waals surface area contributed by atoms with E-state index < -0.39 is 29.3 Å². The minimum Gasteiger partial charge on any atom is -0.444 e. The summed E-state index contributed by atoms with van der Waals surface area (Å²) in [7, 11) is 0. The van der Waals surface area contributed by atoms with Crippen LogP contribution in [0.25, 0.3) is 0 Å². The normalized spacial score (nSPS) is 15.7. The SMILES string of the molecule is CSCCC(NC(=O)OC(C)(C)C)C(=O)N(C1CC1)C(C(=O)NC(C)(C)C)c1c(C)cccc1C. The van der Waals surface area contributed by atoms with Crippen molar-refractivity contribution >= 4 is 29.7 Å². The van der Waals surface area contributed by atoms with E-state index in [0.717, 1.165) is 29.5 Å². The second-order valence-electron chi connectivity index (χ2n) is 11.4. The minimum absolute atomic E-state index is 0.0468. The molecule has 1 fully saturated rings. The molecule has 0 bridgehead atoms. The molecular weight excluding hydrogens is 462 g/mol. The van der Waals surface area contributed by atoms with E-state index in [1.54, 1.807) is 37.4 Å². The predicted octanol–water partition coefficient (Wildman–Crippen LogP) is 4.90. The molecule has 0 aliphatic heterocycles. The number of rotatable bonds is 9. The van der Waals surface area contributed by atoms with Gasteiger partial charge in [-0.2, -0.15) is 11.8 Å². The molecular formula is C27H43N3O4S. The van der Waals surface area contributed by atoms with Crippen LogP contribution in [0.4, 0.5) is 4.79 Å². The number of thioether (sulfide) groups is 1. The molecule has 0 saturated heterocycles.